The van der Waals surface area contributed by atoms with Gasteiger partial charge in [0.1, 0.15) is 5.75 Å². The van der Waals surface area contributed by atoms with Gasteiger partial charge in [-0.15, -0.1) is 0 Å². The Bertz CT molecular complexity index is 795. The molecule has 0 aromatic heterocycles. The molecule has 2 aromatic rings. The largest absolute Gasteiger partial charge is 0.493 e. The van der Waals surface area contributed by atoms with Crippen LogP contribution >= 0.6 is 0 Å². The van der Waals surface area contributed by atoms with Crippen molar-refractivity contribution in [2.45, 2.75) is 26.4 Å². The lowest BCUT2D eigenvalue weighted by Crippen LogP contribution is -2.30. The Kier molecular flexibility index (Phi) is 6.66. The lowest BCUT2D eigenvalue weighted by Gasteiger charge is -2.14. The molecule has 0 saturated heterocycles. The number of amides is 1. The number of anilines is 1. The fourth-order valence-electron chi connectivity index (χ4n) is 2.08. The van der Waals surface area contributed by atoms with Crippen LogP contribution < -0.4 is 10.1 Å². The molecule has 1 atom stereocenters. The van der Waals surface area contributed by atoms with Crippen LogP contribution in [0.15, 0.2) is 42.5 Å². The third kappa shape index (κ3) is 5.84. The maximum Gasteiger partial charge on any atom is 0.310 e. The number of carbonyl (C=O) groups is 2. The van der Waals surface area contributed by atoms with E-state index < -0.39 is 29.6 Å². The molecule has 0 unspecified atom stereocenters. The summed E-state index contributed by atoms with van der Waals surface area (Å²) in [5.41, 5.74) is 1.10. The summed E-state index contributed by atoms with van der Waals surface area (Å²) in [7, 11) is 0. The predicted molar refractivity (Wildman–Crippen MR) is 91.8 cm³/mol. The lowest BCUT2D eigenvalue weighted by molar-refractivity contribution is -0.153. The Morgan fingerprint density at radius 2 is 1.88 bits per heavy atom. The average molecular weight is 363 g/mol. The van der Waals surface area contributed by atoms with Crippen molar-refractivity contribution < 1.29 is 27.8 Å². The highest BCUT2D eigenvalue weighted by Gasteiger charge is 2.18. The number of carbonyl (C=O) groups excluding carboxylic acids is 2. The van der Waals surface area contributed by atoms with Crippen molar-refractivity contribution in [2.24, 2.45) is 0 Å². The first kappa shape index (κ1) is 19.4. The van der Waals surface area contributed by atoms with Gasteiger partial charge in [0, 0.05) is 11.8 Å². The second-order valence-electron chi connectivity index (χ2n) is 5.67. The molecule has 0 spiro atoms. The van der Waals surface area contributed by atoms with Gasteiger partial charge in [-0.2, -0.15) is 0 Å². The van der Waals surface area contributed by atoms with Crippen LogP contribution in [0.5, 0.6) is 5.75 Å². The van der Waals surface area contributed by atoms with Gasteiger partial charge in [-0.3, -0.25) is 9.59 Å². The molecular formula is C19H19F2NO4. The van der Waals surface area contributed by atoms with Gasteiger partial charge in [0.15, 0.2) is 17.7 Å². The van der Waals surface area contributed by atoms with Gasteiger partial charge in [-0.05, 0) is 43.7 Å². The number of esters is 1. The number of nitrogens with one attached hydrogen (secondary N) is 1. The maximum absolute atomic E-state index is 13.1. The SMILES string of the molecule is Cc1cccc(OCCC(=O)O[C@@H](C)C(=O)Nc2ccc(F)c(F)c2)c1. The number of halogens is 2. The smallest absolute Gasteiger partial charge is 0.310 e. The molecule has 0 saturated carbocycles. The normalized spacial score (nSPS) is 11.5. The molecule has 0 aliphatic heterocycles. The van der Waals surface area contributed by atoms with Crippen molar-refractivity contribution in [1.82, 2.24) is 0 Å². The summed E-state index contributed by atoms with van der Waals surface area (Å²) in [6.45, 7) is 3.42. The highest BCUT2D eigenvalue weighted by atomic mass is 19.2. The molecule has 0 aliphatic carbocycles. The standard InChI is InChI=1S/C19H19F2NO4/c1-12-4-3-5-15(10-12)25-9-8-18(23)26-13(2)19(24)22-14-6-7-16(20)17(21)11-14/h3-7,10-11,13H,8-9H2,1-2H3,(H,22,24)/t13-/m0/s1. The van der Waals surface area contributed by atoms with Crippen molar-refractivity contribution in [3.63, 3.8) is 0 Å². The van der Waals surface area contributed by atoms with Crippen LogP contribution in [0.25, 0.3) is 0 Å². The minimum Gasteiger partial charge on any atom is -0.493 e. The summed E-state index contributed by atoms with van der Waals surface area (Å²) in [4.78, 5) is 23.7. The van der Waals surface area contributed by atoms with Crippen LogP contribution in [0.4, 0.5) is 14.5 Å². The Morgan fingerprint density at radius 1 is 1.12 bits per heavy atom. The van der Waals surface area contributed by atoms with Gasteiger partial charge in [-0.1, -0.05) is 12.1 Å². The van der Waals surface area contributed by atoms with Crippen molar-refractivity contribution in [3.05, 3.63) is 59.7 Å². The Hall–Kier alpha value is -2.96. The van der Waals surface area contributed by atoms with Gasteiger partial charge in [0.05, 0.1) is 13.0 Å². The van der Waals surface area contributed by atoms with Crippen LogP contribution in [0.3, 0.4) is 0 Å². The summed E-state index contributed by atoms with van der Waals surface area (Å²) in [6, 6.07) is 10.3. The van der Waals surface area contributed by atoms with Gasteiger partial charge in [-0.25, -0.2) is 8.78 Å². The van der Waals surface area contributed by atoms with E-state index in [-0.39, 0.29) is 18.7 Å². The first-order chi connectivity index (χ1) is 12.3. The third-order valence-electron chi connectivity index (χ3n) is 3.43. The quantitative estimate of drug-likeness (QED) is 0.763. The van der Waals surface area contributed by atoms with E-state index >= 15 is 0 Å². The minimum absolute atomic E-state index is 0.0310. The van der Waals surface area contributed by atoms with Crippen LogP contribution in [0, 0.1) is 18.6 Å². The summed E-state index contributed by atoms with van der Waals surface area (Å²) >= 11 is 0. The summed E-state index contributed by atoms with van der Waals surface area (Å²) in [5.74, 6) is -2.71. The fraction of sp³-hybridized carbons (Fsp3) is 0.263. The molecular weight excluding hydrogens is 344 g/mol. The molecule has 0 bridgehead atoms. The molecule has 2 rings (SSSR count). The summed E-state index contributed by atoms with van der Waals surface area (Å²) in [5, 5.41) is 2.35. The van der Waals surface area contributed by atoms with Crippen molar-refractivity contribution in [3.8, 4) is 5.75 Å². The fourth-order valence-corrected chi connectivity index (χ4v) is 2.08. The Balaban J connectivity index is 1.76. The van der Waals surface area contributed by atoms with Crippen LogP contribution in [0.2, 0.25) is 0 Å². The average Bonchev–Trinajstić information content (AvgIpc) is 2.58. The van der Waals surface area contributed by atoms with Crippen molar-refractivity contribution in [2.75, 3.05) is 11.9 Å². The van der Waals surface area contributed by atoms with E-state index in [1.54, 1.807) is 6.07 Å². The lowest BCUT2D eigenvalue weighted by atomic mass is 10.2. The Morgan fingerprint density at radius 3 is 2.58 bits per heavy atom. The molecule has 2 aromatic carbocycles. The first-order valence-corrected chi connectivity index (χ1v) is 8.00. The molecule has 0 radical (unpaired) electrons. The second kappa shape index (κ2) is 8.94. The predicted octanol–water partition coefficient (Wildman–Crippen LogP) is 3.61. The molecule has 0 heterocycles. The molecule has 26 heavy (non-hydrogen) atoms. The summed E-state index contributed by atoms with van der Waals surface area (Å²) < 4.78 is 36.4. The zero-order valence-corrected chi connectivity index (χ0v) is 14.4. The zero-order chi connectivity index (χ0) is 19.1. The van der Waals surface area contributed by atoms with Gasteiger partial charge < -0.3 is 14.8 Å². The zero-order valence-electron chi connectivity index (χ0n) is 14.4. The van der Waals surface area contributed by atoms with E-state index in [9.17, 15) is 18.4 Å². The first-order valence-electron chi connectivity index (χ1n) is 8.00. The minimum atomic E-state index is -1.09. The highest BCUT2D eigenvalue weighted by molar-refractivity contribution is 5.95. The number of ether oxygens (including phenoxy) is 2. The van der Waals surface area contributed by atoms with E-state index in [1.165, 1.54) is 13.0 Å². The number of hydrogen-bond acceptors (Lipinski definition) is 4. The van der Waals surface area contributed by atoms with Gasteiger partial charge in [0.2, 0.25) is 0 Å². The van der Waals surface area contributed by atoms with E-state index in [4.69, 9.17) is 9.47 Å². The van der Waals surface area contributed by atoms with Crippen LogP contribution in [-0.4, -0.2) is 24.6 Å². The van der Waals surface area contributed by atoms with Crippen molar-refractivity contribution in [1.29, 1.82) is 0 Å². The topological polar surface area (TPSA) is 64.6 Å². The van der Waals surface area contributed by atoms with E-state index in [2.05, 4.69) is 5.32 Å². The Labute approximate surface area is 149 Å². The number of aryl methyl sites for hydroxylation is 1. The second-order valence-corrected chi connectivity index (χ2v) is 5.67. The number of rotatable bonds is 7. The van der Waals surface area contributed by atoms with E-state index in [1.807, 2.05) is 25.1 Å². The molecule has 0 fully saturated rings. The van der Waals surface area contributed by atoms with Crippen LogP contribution in [-0.2, 0) is 14.3 Å². The number of hydrogen-bond donors (Lipinski definition) is 1. The van der Waals surface area contributed by atoms with Crippen LogP contribution in [0.1, 0.15) is 18.9 Å². The summed E-state index contributed by atoms with van der Waals surface area (Å²) in [6.07, 6.45) is -1.12. The van der Waals surface area contributed by atoms with Gasteiger partial charge in [0.25, 0.3) is 5.91 Å². The molecule has 138 valence electrons. The number of benzene rings is 2. The maximum atomic E-state index is 13.1. The van der Waals surface area contributed by atoms with Gasteiger partial charge >= 0.3 is 5.97 Å². The van der Waals surface area contributed by atoms with E-state index in [0.717, 1.165) is 17.7 Å². The molecule has 1 amide bonds. The van der Waals surface area contributed by atoms with E-state index in [0.29, 0.717) is 5.75 Å². The van der Waals surface area contributed by atoms with Crippen molar-refractivity contribution >= 4 is 17.6 Å². The third-order valence-corrected chi connectivity index (χ3v) is 3.43. The molecule has 1 N–H and O–H groups in total. The molecule has 0 aliphatic rings. The highest BCUT2D eigenvalue weighted by Crippen LogP contribution is 2.14. The molecule has 5 nitrogen and oxygen atoms in total. The molecule has 7 heteroatoms. The monoisotopic (exact) mass is 363 g/mol.